The molecule has 3 aromatic rings. The largest absolute Gasteiger partial charge is 0.492 e. The number of amides is 1. The molecular weight excluding hydrogens is 356 g/mol. The maximum Gasteiger partial charge on any atom is 0.252 e. The zero-order valence-electron chi connectivity index (χ0n) is 15.6. The molecule has 3 N–H and O–H groups in total. The van der Waals surface area contributed by atoms with Gasteiger partial charge in [-0.05, 0) is 60.2 Å². The van der Waals surface area contributed by atoms with E-state index in [1.54, 1.807) is 17.4 Å². The number of aryl methyl sites for hydroxylation is 1. The number of hydrogen-bond acceptors (Lipinski definition) is 4. The molecule has 0 aliphatic heterocycles. The molecule has 0 saturated carbocycles. The molecular formula is C22H24N2O2S. The second-order valence-corrected chi connectivity index (χ2v) is 7.36. The molecule has 0 fully saturated rings. The van der Waals surface area contributed by atoms with E-state index in [0.29, 0.717) is 24.5 Å². The number of carbonyl (C=O) groups is 1. The molecule has 3 rings (SSSR count). The fourth-order valence-corrected chi connectivity index (χ4v) is 3.60. The van der Waals surface area contributed by atoms with Crippen LogP contribution < -0.4 is 15.8 Å². The van der Waals surface area contributed by atoms with Crippen LogP contribution in [-0.4, -0.2) is 19.1 Å². The molecule has 0 aliphatic rings. The smallest absolute Gasteiger partial charge is 0.252 e. The van der Waals surface area contributed by atoms with Crippen LogP contribution in [0.4, 0.5) is 0 Å². The summed E-state index contributed by atoms with van der Waals surface area (Å²) < 4.78 is 5.54. The summed E-state index contributed by atoms with van der Waals surface area (Å²) in [6, 6.07) is 17.8. The van der Waals surface area contributed by atoms with Crippen LogP contribution in [0.2, 0.25) is 0 Å². The van der Waals surface area contributed by atoms with Crippen molar-refractivity contribution in [2.45, 2.75) is 19.9 Å². The van der Waals surface area contributed by atoms with Crippen molar-refractivity contribution in [1.29, 1.82) is 0 Å². The summed E-state index contributed by atoms with van der Waals surface area (Å²) in [5.74, 6) is 0.545. The number of nitrogens with one attached hydrogen (secondary N) is 1. The van der Waals surface area contributed by atoms with Gasteiger partial charge in [0.1, 0.15) is 12.4 Å². The normalized spacial score (nSPS) is 11.8. The lowest BCUT2D eigenvalue weighted by Crippen LogP contribution is -2.27. The Morgan fingerprint density at radius 2 is 2.04 bits per heavy atom. The van der Waals surface area contributed by atoms with E-state index < -0.39 is 0 Å². The minimum absolute atomic E-state index is 0.106. The molecule has 1 amide bonds. The first kappa shape index (κ1) is 19.1. The average Bonchev–Trinajstić information content (AvgIpc) is 3.22. The highest BCUT2D eigenvalue weighted by Crippen LogP contribution is 2.27. The number of thiophene rings is 1. The molecule has 0 spiro atoms. The monoisotopic (exact) mass is 380 g/mol. The van der Waals surface area contributed by atoms with Crippen molar-refractivity contribution < 1.29 is 9.53 Å². The summed E-state index contributed by atoms with van der Waals surface area (Å²) in [5, 5.41) is 5.16. The van der Waals surface area contributed by atoms with Gasteiger partial charge >= 0.3 is 0 Å². The molecule has 2 aromatic carbocycles. The number of rotatable bonds is 7. The first-order valence-electron chi connectivity index (χ1n) is 8.96. The number of nitrogens with two attached hydrogens (primary N) is 1. The molecule has 0 saturated heterocycles. The molecule has 1 heterocycles. The van der Waals surface area contributed by atoms with Gasteiger partial charge in [0.15, 0.2) is 0 Å². The van der Waals surface area contributed by atoms with E-state index in [-0.39, 0.29) is 11.9 Å². The zero-order valence-corrected chi connectivity index (χ0v) is 16.4. The zero-order chi connectivity index (χ0) is 19.2. The van der Waals surface area contributed by atoms with Crippen LogP contribution in [0.5, 0.6) is 5.75 Å². The Morgan fingerprint density at radius 3 is 2.78 bits per heavy atom. The van der Waals surface area contributed by atoms with Crippen LogP contribution in [0.15, 0.2) is 60.0 Å². The minimum atomic E-state index is -0.111. The molecule has 27 heavy (non-hydrogen) atoms. The van der Waals surface area contributed by atoms with E-state index in [9.17, 15) is 4.79 Å². The highest BCUT2D eigenvalue weighted by atomic mass is 32.1. The molecule has 0 radical (unpaired) electrons. The SMILES string of the molecule is Cc1ccc(OCCN)cc1C(=O)N[C@H](C)c1cccc(-c2cccs2)c1. The van der Waals surface area contributed by atoms with E-state index in [1.165, 1.54) is 4.88 Å². The standard InChI is InChI=1S/C22H24N2O2S/c1-15-8-9-19(26-11-10-23)14-20(15)22(25)24-16(2)17-5-3-6-18(13-17)21-7-4-12-27-21/h3-9,12-14,16H,10-11,23H2,1-2H3,(H,24,25)/t16-/m1/s1. The Morgan fingerprint density at radius 1 is 1.19 bits per heavy atom. The molecule has 5 heteroatoms. The first-order chi connectivity index (χ1) is 13.1. The predicted molar refractivity (Wildman–Crippen MR) is 111 cm³/mol. The molecule has 0 unspecified atom stereocenters. The molecule has 0 bridgehead atoms. The van der Waals surface area contributed by atoms with E-state index in [0.717, 1.165) is 16.7 Å². The molecule has 1 aromatic heterocycles. The third-order valence-electron chi connectivity index (χ3n) is 4.38. The van der Waals surface area contributed by atoms with Crippen molar-refractivity contribution in [2.24, 2.45) is 5.73 Å². The highest BCUT2D eigenvalue weighted by Gasteiger charge is 2.15. The van der Waals surface area contributed by atoms with Crippen molar-refractivity contribution in [3.05, 3.63) is 76.7 Å². The average molecular weight is 381 g/mol. The quantitative estimate of drug-likeness (QED) is 0.632. The lowest BCUT2D eigenvalue weighted by atomic mass is 10.0. The van der Waals surface area contributed by atoms with E-state index >= 15 is 0 Å². The van der Waals surface area contributed by atoms with E-state index in [2.05, 4.69) is 28.9 Å². The van der Waals surface area contributed by atoms with Crippen molar-refractivity contribution in [3.8, 4) is 16.2 Å². The van der Waals surface area contributed by atoms with Crippen LogP contribution in [0.1, 0.15) is 34.5 Å². The molecule has 1 atom stereocenters. The van der Waals surface area contributed by atoms with Crippen molar-refractivity contribution in [2.75, 3.05) is 13.2 Å². The second-order valence-electron chi connectivity index (χ2n) is 6.41. The number of carbonyl (C=O) groups excluding carboxylic acids is 1. The first-order valence-corrected chi connectivity index (χ1v) is 9.84. The van der Waals surface area contributed by atoms with Crippen LogP contribution in [0.25, 0.3) is 10.4 Å². The fraction of sp³-hybridized carbons (Fsp3) is 0.227. The number of benzene rings is 2. The highest BCUT2D eigenvalue weighted by molar-refractivity contribution is 7.13. The lowest BCUT2D eigenvalue weighted by Gasteiger charge is -2.17. The third kappa shape index (κ3) is 4.76. The predicted octanol–water partition coefficient (Wildman–Crippen LogP) is 4.55. The third-order valence-corrected chi connectivity index (χ3v) is 5.30. The van der Waals surface area contributed by atoms with Gasteiger partial charge in [-0.15, -0.1) is 11.3 Å². The van der Waals surface area contributed by atoms with Gasteiger partial charge in [0.25, 0.3) is 5.91 Å². The van der Waals surface area contributed by atoms with E-state index in [4.69, 9.17) is 10.5 Å². The fourth-order valence-electron chi connectivity index (χ4n) is 2.87. The van der Waals surface area contributed by atoms with Crippen molar-refractivity contribution in [1.82, 2.24) is 5.32 Å². The summed E-state index contributed by atoms with van der Waals surface area (Å²) in [6.07, 6.45) is 0. The Labute approximate surface area is 164 Å². The topological polar surface area (TPSA) is 64.3 Å². The van der Waals surface area contributed by atoms with Crippen molar-refractivity contribution >= 4 is 17.2 Å². The number of hydrogen-bond donors (Lipinski definition) is 2. The van der Waals surface area contributed by atoms with Gasteiger partial charge in [-0.3, -0.25) is 4.79 Å². The minimum Gasteiger partial charge on any atom is -0.492 e. The second kappa shape index (κ2) is 8.84. The molecule has 4 nitrogen and oxygen atoms in total. The summed E-state index contributed by atoms with van der Waals surface area (Å²) >= 11 is 1.71. The van der Waals surface area contributed by atoms with Crippen molar-refractivity contribution in [3.63, 3.8) is 0 Å². The summed E-state index contributed by atoms with van der Waals surface area (Å²) in [5.41, 5.74) is 9.24. The maximum absolute atomic E-state index is 12.8. The van der Waals surface area contributed by atoms with Gasteiger partial charge in [0.05, 0.1) is 6.04 Å². The Bertz CT molecular complexity index is 906. The van der Waals surface area contributed by atoms with Crippen LogP contribution >= 0.6 is 11.3 Å². The van der Waals surface area contributed by atoms with E-state index in [1.807, 2.05) is 44.2 Å². The van der Waals surface area contributed by atoms with Gasteiger partial charge in [0, 0.05) is 17.0 Å². The van der Waals surface area contributed by atoms with Gasteiger partial charge in [-0.25, -0.2) is 0 Å². The van der Waals surface area contributed by atoms with Gasteiger partial charge in [-0.1, -0.05) is 30.3 Å². The summed E-state index contributed by atoms with van der Waals surface area (Å²) in [6.45, 7) is 4.78. The molecule has 0 aliphatic carbocycles. The van der Waals surface area contributed by atoms with Gasteiger partial charge in [-0.2, -0.15) is 0 Å². The summed E-state index contributed by atoms with van der Waals surface area (Å²) in [7, 11) is 0. The number of ether oxygens (including phenoxy) is 1. The Hall–Kier alpha value is -2.63. The van der Waals surface area contributed by atoms with Crippen LogP contribution in [0, 0.1) is 6.92 Å². The summed E-state index contributed by atoms with van der Waals surface area (Å²) in [4.78, 5) is 14.0. The van der Waals surface area contributed by atoms with Crippen LogP contribution in [-0.2, 0) is 0 Å². The lowest BCUT2D eigenvalue weighted by molar-refractivity contribution is 0.0939. The Balaban J connectivity index is 1.75. The van der Waals surface area contributed by atoms with Gasteiger partial charge in [0.2, 0.25) is 0 Å². The molecule has 140 valence electrons. The van der Waals surface area contributed by atoms with Gasteiger partial charge < -0.3 is 15.8 Å². The Kier molecular flexibility index (Phi) is 6.27. The van der Waals surface area contributed by atoms with Crippen LogP contribution in [0.3, 0.4) is 0 Å². The maximum atomic E-state index is 12.8.